The van der Waals surface area contributed by atoms with Crippen molar-refractivity contribution in [3.8, 4) is 10.6 Å². The molecular weight excluding hydrogens is 424 g/mol. The Labute approximate surface area is 182 Å². The van der Waals surface area contributed by atoms with Gasteiger partial charge in [0.05, 0.1) is 0 Å². The fourth-order valence-corrected chi connectivity index (χ4v) is 4.29. The first kappa shape index (κ1) is 22.8. The third kappa shape index (κ3) is 5.05. The number of alkyl halides is 1. The van der Waals surface area contributed by atoms with Crippen molar-refractivity contribution in [2.75, 3.05) is 25.9 Å². The van der Waals surface area contributed by atoms with Crippen molar-refractivity contribution in [3.63, 3.8) is 0 Å². The highest BCUT2D eigenvalue weighted by Gasteiger charge is 2.29. The second-order valence-corrected chi connectivity index (χ2v) is 8.19. The molecule has 8 nitrogen and oxygen atoms in total. The number of benzene rings is 1. The van der Waals surface area contributed by atoms with Crippen LogP contribution in [0.1, 0.15) is 23.3 Å². The number of carbonyl (C=O) groups excluding carboxylic acids is 1. The summed E-state index contributed by atoms with van der Waals surface area (Å²) in [7, 11) is 1.54. The van der Waals surface area contributed by atoms with Gasteiger partial charge in [-0.1, -0.05) is 23.5 Å². The van der Waals surface area contributed by atoms with Crippen molar-refractivity contribution in [1.29, 1.82) is 5.41 Å². The van der Waals surface area contributed by atoms with Crippen LogP contribution in [0.5, 0.6) is 0 Å². The number of amidine groups is 1. The lowest BCUT2D eigenvalue weighted by Crippen LogP contribution is -2.50. The normalized spacial score (nSPS) is 20.8. The summed E-state index contributed by atoms with van der Waals surface area (Å²) < 4.78 is 28.0. The first-order chi connectivity index (χ1) is 14.8. The third-order valence-electron chi connectivity index (χ3n) is 5.13. The summed E-state index contributed by atoms with van der Waals surface area (Å²) in [5, 5.41) is 10.9. The summed E-state index contributed by atoms with van der Waals surface area (Å²) in [5.41, 5.74) is 12.0. The van der Waals surface area contributed by atoms with Gasteiger partial charge >= 0.3 is 0 Å². The standard InChI is InChI=1S/C20H25F2N7OS/c1-26-18(29-8-6-13(22)14(24)7-9-29)15(10-23)27-19(30)16-17(25)31-20(28-16)11-4-2-3-5-12(11)21/h2-5,10,13-15,23H,6-9,24-25H2,1H3,(H,27,30)/t13-,14-,15?/m0/s1. The van der Waals surface area contributed by atoms with Crippen LogP contribution in [0.2, 0.25) is 0 Å². The first-order valence-electron chi connectivity index (χ1n) is 9.79. The van der Waals surface area contributed by atoms with E-state index in [0.717, 1.165) is 17.6 Å². The smallest absolute Gasteiger partial charge is 0.273 e. The number of hydrogen-bond acceptors (Lipinski definition) is 7. The molecule has 1 aliphatic rings. The summed E-state index contributed by atoms with van der Waals surface area (Å²) >= 11 is 1.00. The second-order valence-electron chi connectivity index (χ2n) is 7.16. The van der Waals surface area contributed by atoms with Crippen LogP contribution in [0, 0.1) is 11.2 Å². The number of carbonyl (C=O) groups is 1. The molecule has 1 aliphatic heterocycles. The van der Waals surface area contributed by atoms with Crippen molar-refractivity contribution < 1.29 is 13.6 Å². The predicted molar refractivity (Wildman–Crippen MR) is 119 cm³/mol. The number of thiazole rings is 1. The maximum absolute atomic E-state index is 14.1. The fourth-order valence-electron chi connectivity index (χ4n) is 3.43. The molecule has 2 aromatic rings. The number of nitrogen functional groups attached to an aromatic ring is 1. The molecule has 6 N–H and O–H groups in total. The lowest BCUT2D eigenvalue weighted by molar-refractivity contribution is 0.0949. The summed E-state index contributed by atoms with van der Waals surface area (Å²) in [4.78, 5) is 23.1. The van der Waals surface area contributed by atoms with Gasteiger partial charge in [0.25, 0.3) is 5.91 Å². The Kier molecular flexibility index (Phi) is 7.29. The molecule has 1 aromatic carbocycles. The molecule has 31 heavy (non-hydrogen) atoms. The quantitative estimate of drug-likeness (QED) is 0.410. The molecule has 0 saturated carbocycles. The molecule has 0 aliphatic carbocycles. The number of anilines is 1. The highest BCUT2D eigenvalue weighted by Crippen LogP contribution is 2.31. The molecule has 166 valence electrons. The van der Waals surface area contributed by atoms with Gasteiger partial charge in [-0.2, -0.15) is 0 Å². The van der Waals surface area contributed by atoms with Gasteiger partial charge in [-0.3, -0.25) is 9.79 Å². The number of amides is 1. The number of aliphatic imine (C=N–C) groups is 1. The molecule has 1 aromatic heterocycles. The van der Waals surface area contributed by atoms with Crippen LogP contribution in [0.15, 0.2) is 29.3 Å². The Morgan fingerprint density at radius 2 is 2.13 bits per heavy atom. The SMILES string of the molecule is CN=C(C(C=N)NC(=O)c1nc(-c2ccccc2F)sc1N)N1CC[C@H](N)[C@@H](F)CC1. The van der Waals surface area contributed by atoms with Gasteiger partial charge in [0.1, 0.15) is 33.9 Å². The van der Waals surface area contributed by atoms with E-state index in [1.807, 2.05) is 4.90 Å². The summed E-state index contributed by atoms with van der Waals surface area (Å²) in [6.07, 6.45) is 0.606. The number of rotatable bonds is 5. The van der Waals surface area contributed by atoms with Gasteiger partial charge in [-0.15, -0.1) is 0 Å². The van der Waals surface area contributed by atoms with Gasteiger partial charge < -0.3 is 27.1 Å². The molecule has 0 spiro atoms. The van der Waals surface area contributed by atoms with E-state index >= 15 is 0 Å². The first-order valence-corrected chi connectivity index (χ1v) is 10.6. The maximum atomic E-state index is 14.1. The molecule has 2 heterocycles. The number of likely N-dealkylation sites (tertiary alicyclic amines) is 1. The molecule has 11 heteroatoms. The highest BCUT2D eigenvalue weighted by molar-refractivity contribution is 7.19. The lowest BCUT2D eigenvalue weighted by atomic mass is 10.1. The minimum absolute atomic E-state index is 0.0488. The molecule has 1 amide bonds. The molecule has 1 saturated heterocycles. The van der Waals surface area contributed by atoms with E-state index in [0.29, 0.717) is 25.3 Å². The topological polar surface area (TPSA) is 133 Å². The minimum Gasteiger partial charge on any atom is -0.389 e. The van der Waals surface area contributed by atoms with Gasteiger partial charge in [-0.25, -0.2) is 13.8 Å². The maximum Gasteiger partial charge on any atom is 0.273 e. The van der Waals surface area contributed by atoms with Gasteiger partial charge in [-0.05, 0) is 25.0 Å². The number of nitrogens with two attached hydrogens (primary N) is 2. The monoisotopic (exact) mass is 449 g/mol. The Hall–Kier alpha value is -2.92. The second kappa shape index (κ2) is 9.92. The van der Waals surface area contributed by atoms with E-state index in [1.165, 1.54) is 6.07 Å². The van der Waals surface area contributed by atoms with Crippen molar-refractivity contribution in [2.24, 2.45) is 10.7 Å². The van der Waals surface area contributed by atoms with Crippen LogP contribution in [-0.4, -0.2) is 66.2 Å². The Bertz CT molecular complexity index is 968. The average molecular weight is 450 g/mol. The van der Waals surface area contributed by atoms with Crippen molar-refractivity contribution in [2.45, 2.75) is 31.1 Å². The van der Waals surface area contributed by atoms with Crippen LogP contribution in [0.4, 0.5) is 13.8 Å². The lowest BCUT2D eigenvalue weighted by Gasteiger charge is -2.28. The zero-order valence-corrected chi connectivity index (χ0v) is 17.8. The third-order valence-corrected chi connectivity index (χ3v) is 6.05. The van der Waals surface area contributed by atoms with Gasteiger partial charge in [0.2, 0.25) is 0 Å². The van der Waals surface area contributed by atoms with Gasteiger partial charge in [0.15, 0.2) is 5.69 Å². The largest absolute Gasteiger partial charge is 0.389 e. The van der Waals surface area contributed by atoms with Crippen LogP contribution < -0.4 is 16.8 Å². The minimum atomic E-state index is -1.11. The van der Waals surface area contributed by atoms with Crippen LogP contribution in [-0.2, 0) is 0 Å². The van der Waals surface area contributed by atoms with Crippen molar-refractivity contribution in [3.05, 3.63) is 35.8 Å². The molecule has 0 radical (unpaired) electrons. The number of halogens is 2. The molecule has 3 rings (SSSR count). The van der Waals surface area contributed by atoms with E-state index in [4.69, 9.17) is 16.9 Å². The van der Waals surface area contributed by atoms with E-state index in [1.54, 1.807) is 25.2 Å². The molecule has 1 unspecified atom stereocenters. The zero-order valence-electron chi connectivity index (χ0n) is 17.0. The Balaban J connectivity index is 1.78. The molecule has 1 fully saturated rings. The number of hydrogen-bond donors (Lipinski definition) is 4. The van der Waals surface area contributed by atoms with Crippen LogP contribution in [0.3, 0.4) is 0 Å². The van der Waals surface area contributed by atoms with E-state index in [2.05, 4.69) is 15.3 Å². The Morgan fingerprint density at radius 3 is 2.81 bits per heavy atom. The average Bonchev–Trinajstić information content (AvgIpc) is 3.07. The summed E-state index contributed by atoms with van der Waals surface area (Å²) in [5.74, 6) is -0.653. The molecule has 0 bridgehead atoms. The van der Waals surface area contributed by atoms with E-state index in [9.17, 15) is 13.6 Å². The summed E-state index contributed by atoms with van der Waals surface area (Å²) in [6, 6.07) is 4.67. The number of nitrogens with zero attached hydrogens (tertiary/aromatic N) is 3. The fraction of sp³-hybridized carbons (Fsp3) is 0.400. The van der Waals surface area contributed by atoms with Crippen LogP contribution >= 0.6 is 11.3 Å². The summed E-state index contributed by atoms with van der Waals surface area (Å²) in [6.45, 7) is 0.836. The van der Waals surface area contributed by atoms with Gasteiger partial charge in [0, 0.05) is 38.0 Å². The van der Waals surface area contributed by atoms with E-state index < -0.39 is 30.0 Å². The number of aromatic nitrogens is 1. The molecule has 3 atom stereocenters. The van der Waals surface area contributed by atoms with Crippen LogP contribution in [0.25, 0.3) is 10.6 Å². The Morgan fingerprint density at radius 1 is 1.42 bits per heavy atom. The number of nitrogens with one attached hydrogen (secondary N) is 2. The zero-order chi connectivity index (χ0) is 22.5. The van der Waals surface area contributed by atoms with E-state index in [-0.39, 0.29) is 27.7 Å². The molecular formula is C20H25F2N7OS. The predicted octanol–water partition coefficient (Wildman–Crippen LogP) is 2.07. The highest BCUT2D eigenvalue weighted by atomic mass is 32.1. The van der Waals surface area contributed by atoms with Crippen molar-refractivity contribution in [1.82, 2.24) is 15.2 Å². The van der Waals surface area contributed by atoms with Crippen molar-refractivity contribution >= 4 is 34.3 Å².